The minimum atomic E-state index is -0.550. The average Bonchev–Trinajstić information content (AvgIpc) is 2.49. The van der Waals surface area contributed by atoms with E-state index in [1.165, 1.54) is 13.2 Å². The Hall–Kier alpha value is -1.85. The molecule has 0 amide bonds. The molecule has 1 aromatic rings. The highest BCUT2D eigenvalue weighted by atomic mass is 16.5. The molecule has 0 aliphatic heterocycles. The van der Waals surface area contributed by atoms with Gasteiger partial charge in [0.1, 0.15) is 18.5 Å². The number of aliphatic hydroxyl groups is 1. The summed E-state index contributed by atoms with van der Waals surface area (Å²) in [5.41, 5.74) is 0.870. The largest absolute Gasteiger partial charge is 0.491 e. The van der Waals surface area contributed by atoms with Gasteiger partial charge in [0.15, 0.2) is 0 Å². The van der Waals surface area contributed by atoms with Crippen molar-refractivity contribution in [3.8, 4) is 5.75 Å². The maximum Gasteiger partial charge on any atom is 0.330 e. The fourth-order valence-electron chi connectivity index (χ4n) is 1.53. The van der Waals surface area contributed by atoms with E-state index >= 15 is 0 Å². The van der Waals surface area contributed by atoms with Crippen LogP contribution < -0.4 is 10.1 Å². The van der Waals surface area contributed by atoms with Gasteiger partial charge in [-0.15, -0.1) is 0 Å². The Morgan fingerprint density at radius 3 is 2.57 bits per heavy atom. The van der Waals surface area contributed by atoms with E-state index < -0.39 is 12.1 Å². The van der Waals surface area contributed by atoms with Gasteiger partial charge in [-0.25, -0.2) is 4.79 Å². The van der Waals surface area contributed by atoms with Gasteiger partial charge < -0.3 is 19.9 Å². The Morgan fingerprint density at radius 2 is 2.00 bits per heavy atom. The van der Waals surface area contributed by atoms with E-state index in [-0.39, 0.29) is 6.61 Å². The van der Waals surface area contributed by atoms with Gasteiger partial charge in [-0.3, -0.25) is 0 Å². The number of rotatable bonds is 8. The number of carbonyl (C=O) groups excluding carboxylic acids is 1. The predicted octanol–water partition coefficient (Wildman–Crippen LogP) is 1.61. The molecule has 0 spiro atoms. The molecule has 0 saturated carbocycles. The summed E-state index contributed by atoms with van der Waals surface area (Å²) in [7, 11) is 1.34. The Bertz CT molecular complexity index is 454. The van der Waals surface area contributed by atoms with Crippen LogP contribution in [0.4, 0.5) is 0 Å². The van der Waals surface area contributed by atoms with E-state index in [4.69, 9.17) is 4.74 Å². The maximum atomic E-state index is 11.0. The number of methoxy groups -OCH3 is 1. The monoisotopic (exact) mass is 293 g/mol. The molecule has 0 aliphatic rings. The highest BCUT2D eigenvalue weighted by Gasteiger charge is 2.05. The van der Waals surface area contributed by atoms with Crippen LogP contribution in [-0.4, -0.2) is 43.5 Å². The van der Waals surface area contributed by atoms with Crippen molar-refractivity contribution in [3.05, 3.63) is 35.9 Å². The van der Waals surface area contributed by atoms with E-state index in [1.807, 2.05) is 26.0 Å². The summed E-state index contributed by atoms with van der Waals surface area (Å²) in [6, 6.07) is 7.57. The lowest BCUT2D eigenvalue weighted by Crippen LogP contribution is -2.35. The zero-order valence-corrected chi connectivity index (χ0v) is 12.7. The summed E-state index contributed by atoms with van der Waals surface area (Å²) in [4.78, 5) is 11.0. The third kappa shape index (κ3) is 7.48. The topological polar surface area (TPSA) is 67.8 Å². The Morgan fingerprint density at radius 1 is 1.33 bits per heavy atom. The summed E-state index contributed by atoms with van der Waals surface area (Å²) in [5.74, 6) is 0.282. The van der Waals surface area contributed by atoms with E-state index in [2.05, 4.69) is 10.1 Å². The van der Waals surface area contributed by atoms with Gasteiger partial charge in [0.2, 0.25) is 0 Å². The van der Waals surface area contributed by atoms with Crippen molar-refractivity contribution in [2.24, 2.45) is 0 Å². The summed E-state index contributed by atoms with van der Waals surface area (Å²) < 4.78 is 10.0. The first-order valence-electron chi connectivity index (χ1n) is 6.91. The van der Waals surface area contributed by atoms with Crippen LogP contribution in [0.1, 0.15) is 19.4 Å². The molecule has 1 atom stereocenters. The van der Waals surface area contributed by atoms with E-state index in [0.29, 0.717) is 18.3 Å². The van der Waals surface area contributed by atoms with Gasteiger partial charge in [-0.1, -0.05) is 26.0 Å². The normalized spacial score (nSPS) is 12.6. The lowest BCUT2D eigenvalue weighted by Gasteiger charge is -2.15. The molecule has 1 aromatic carbocycles. The second-order valence-corrected chi connectivity index (χ2v) is 4.95. The van der Waals surface area contributed by atoms with Gasteiger partial charge in [0.05, 0.1) is 7.11 Å². The molecule has 0 saturated heterocycles. The maximum absolute atomic E-state index is 11.0. The van der Waals surface area contributed by atoms with Gasteiger partial charge in [0.25, 0.3) is 0 Å². The zero-order chi connectivity index (χ0) is 15.7. The van der Waals surface area contributed by atoms with Crippen LogP contribution in [0.3, 0.4) is 0 Å². The highest BCUT2D eigenvalue weighted by molar-refractivity contribution is 5.86. The second kappa shape index (κ2) is 9.15. The Kier molecular flexibility index (Phi) is 7.50. The smallest absolute Gasteiger partial charge is 0.330 e. The SMILES string of the molecule is COC(=O)/C=C/c1ccc(OCC(O)CNC(C)C)cc1. The second-order valence-electron chi connectivity index (χ2n) is 4.95. The fraction of sp³-hybridized carbons (Fsp3) is 0.438. The lowest BCUT2D eigenvalue weighted by molar-refractivity contribution is -0.134. The molecule has 0 heterocycles. The fourth-order valence-corrected chi connectivity index (χ4v) is 1.53. The number of hydrogen-bond donors (Lipinski definition) is 2. The molecule has 0 radical (unpaired) electrons. The number of hydrogen-bond acceptors (Lipinski definition) is 5. The summed E-state index contributed by atoms with van der Waals surface area (Å²) in [5, 5.41) is 12.9. The molecule has 21 heavy (non-hydrogen) atoms. The molecule has 5 nitrogen and oxygen atoms in total. The number of aliphatic hydroxyl groups excluding tert-OH is 1. The number of ether oxygens (including phenoxy) is 2. The lowest BCUT2D eigenvalue weighted by atomic mass is 10.2. The summed E-state index contributed by atoms with van der Waals surface area (Å²) in [6.45, 7) is 4.77. The van der Waals surface area contributed by atoms with Gasteiger partial charge >= 0.3 is 5.97 Å². The van der Waals surface area contributed by atoms with Gasteiger partial charge in [-0.05, 0) is 23.8 Å². The quantitative estimate of drug-likeness (QED) is 0.563. The third-order valence-corrected chi connectivity index (χ3v) is 2.70. The molecule has 0 aromatic heterocycles. The summed E-state index contributed by atoms with van der Waals surface area (Å²) >= 11 is 0. The molecule has 0 fully saturated rings. The molecule has 1 rings (SSSR count). The first-order valence-corrected chi connectivity index (χ1v) is 6.91. The van der Waals surface area contributed by atoms with Crippen LogP contribution in [0.5, 0.6) is 5.75 Å². The van der Waals surface area contributed by atoms with Crippen LogP contribution in [0, 0.1) is 0 Å². The van der Waals surface area contributed by atoms with Gasteiger partial charge in [-0.2, -0.15) is 0 Å². The Labute approximate surface area is 125 Å². The third-order valence-electron chi connectivity index (χ3n) is 2.70. The zero-order valence-electron chi connectivity index (χ0n) is 12.7. The van der Waals surface area contributed by atoms with Crippen LogP contribution in [0.2, 0.25) is 0 Å². The van der Waals surface area contributed by atoms with Crippen LogP contribution in [0.25, 0.3) is 6.08 Å². The minimum absolute atomic E-state index is 0.233. The van der Waals surface area contributed by atoms with Crippen molar-refractivity contribution >= 4 is 12.0 Å². The predicted molar refractivity (Wildman–Crippen MR) is 82.1 cm³/mol. The van der Waals surface area contributed by atoms with E-state index in [1.54, 1.807) is 18.2 Å². The molecule has 116 valence electrons. The molecular formula is C16H23NO4. The molecule has 0 bridgehead atoms. The standard InChI is InChI=1S/C16H23NO4/c1-12(2)17-10-14(18)11-21-15-7-4-13(5-8-15)6-9-16(19)20-3/h4-9,12,14,17-18H,10-11H2,1-3H3/b9-6+. The van der Waals surface area contributed by atoms with Crippen molar-refractivity contribution in [2.75, 3.05) is 20.3 Å². The van der Waals surface area contributed by atoms with Crippen molar-refractivity contribution in [3.63, 3.8) is 0 Å². The highest BCUT2D eigenvalue weighted by Crippen LogP contribution is 2.13. The number of esters is 1. The van der Waals surface area contributed by atoms with Crippen LogP contribution in [0.15, 0.2) is 30.3 Å². The summed E-state index contributed by atoms with van der Waals surface area (Å²) in [6.07, 6.45) is 2.47. The Balaban J connectivity index is 2.40. The van der Waals surface area contributed by atoms with Crippen LogP contribution in [-0.2, 0) is 9.53 Å². The van der Waals surface area contributed by atoms with Crippen molar-refractivity contribution < 1.29 is 19.4 Å². The number of nitrogens with one attached hydrogen (secondary N) is 1. The average molecular weight is 293 g/mol. The molecule has 1 unspecified atom stereocenters. The first kappa shape index (κ1) is 17.2. The number of carbonyl (C=O) groups is 1. The van der Waals surface area contributed by atoms with Crippen LogP contribution >= 0.6 is 0 Å². The van der Waals surface area contributed by atoms with Crippen molar-refractivity contribution in [1.29, 1.82) is 0 Å². The van der Waals surface area contributed by atoms with E-state index in [0.717, 1.165) is 5.56 Å². The van der Waals surface area contributed by atoms with Gasteiger partial charge in [0, 0.05) is 18.7 Å². The molecule has 2 N–H and O–H groups in total. The van der Waals surface area contributed by atoms with Crippen molar-refractivity contribution in [1.82, 2.24) is 5.32 Å². The molecular weight excluding hydrogens is 270 g/mol. The van der Waals surface area contributed by atoms with E-state index in [9.17, 15) is 9.90 Å². The molecule has 5 heteroatoms. The number of benzene rings is 1. The van der Waals surface area contributed by atoms with Crippen molar-refractivity contribution in [2.45, 2.75) is 26.0 Å². The molecule has 0 aliphatic carbocycles. The first-order chi connectivity index (χ1) is 10.0. The minimum Gasteiger partial charge on any atom is -0.491 e.